The number of unbranched alkanes of at least 4 members (excludes halogenated alkanes) is 46. The molecule has 142 heavy (non-hydrogen) atoms. The average molecular weight is 2070 g/mol. The number of nitrogens with zero attached hydrogens (tertiary/aromatic N) is 6. The smallest absolute Gasteiger partial charge is 0.326 e. The van der Waals surface area contributed by atoms with Gasteiger partial charge in [0.05, 0.1) is 0 Å². The Morgan fingerprint density at radius 3 is 0.599 bits per heavy atom. The van der Waals surface area contributed by atoms with Crippen molar-refractivity contribution in [1.82, 2.24) is 29.4 Å². The topological polar surface area (TPSA) is 228 Å². The van der Waals surface area contributed by atoms with Crippen LogP contribution < -0.4 is 0 Å². The van der Waals surface area contributed by atoms with Gasteiger partial charge in [0.1, 0.15) is 76.4 Å². The minimum absolute atomic E-state index is 0.137. The summed E-state index contributed by atoms with van der Waals surface area (Å²) in [5, 5.41) is -0.786. The molecule has 24 heteroatoms. The van der Waals surface area contributed by atoms with Gasteiger partial charge in [-0.3, -0.25) is 43.2 Å². The van der Waals surface area contributed by atoms with E-state index in [9.17, 15) is 43.2 Å². The SMILES string of the molecule is CCCCCC/C=C\COC(=O)CN(CC(=O)OC(CCCCCCCC)CCCCCCCC)C(=O)SCCCN(C)C.CCCCCCCC(CCCCCCC)OC(=O)CN(CC(=O)OC(CCCCCCC)CCCCCCC)C(=O)SCCCN(C)C.CCCCCCCC(CCCCCCC)OC(=O)CN(CC(=O)OC(CCCCCCC)CCCCCCC)C(=O)SCCCN(CC)CC. The summed E-state index contributed by atoms with van der Waals surface area (Å²) in [6, 6.07) is 0. The minimum atomic E-state index is -0.508. The Morgan fingerprint density at radius 1 is 0.218 bits per heavy atom. The molecule has 0 spiro atoms. The lowest BCUT2D eigenvalue weighted by Gasteiger charge is -2.25. The highest BCUT2D eigenvalue weighted by Gasteiger charge is 2.30. The predicted octanol–water partition coefficient (Wildman–Crippen LogP) is 33.1. The summed E-state index contributed by atoms with van der Waals surface area (Å²) in [6.07, 6.45) is 81.1. The van der Waals surface area contributed by atoms with Gasteiger partial charge in [0.2, 0.25) is 0 Å². The van der Waals surface area contributed by atoms with Crippen molar-refractivity contribution in [3.8, 4) is 0 Å². The van der Waals surface area contributed by atoms with E-state index in [4.69, 9.17) is 28.4 Å². The van der Waals surface area contributed by atoms with Gasteiger partial charge >= 0.3 is 35.8 Å². The Kier molecular flexibility index (Phi) is 110. The molecule has 3 amide bonds. The lowest BCUT2D eigenvalue weighted by molar-refractivity contribution is -0.155. The maximum Gasteiger partial charge on any atom is 0.326 e. The summed E-state index contributed by atoms with van der Waals surface area (Å²) < 4.78 is 35.5. The van der Waals surface area contributed by atoms with Gasteiger partial charge in [-0.25, -0.2) is 0 Å². The number of carbonyl (C=O) groups is 9. The van der Waals surface area contributed by atoms with Crippen molar-refractivity contribution in [1.29, 1.82) is 0 Å². The first-order valence-corrected chi connectivity index (χ1v) is 62.4. The molecule has 0 N–H and O–H groups in total. The molecule has 21 nitrogen and oxygen atoms in total. The third kappa shape index (κ3) is 97.9. The molecule has 0 saturated heterocycles. The van der Waals surface area contributed by atoms with Crippen LogP contribution in [0.1, 0.15) is 539 Å². The summed E-state index contributed by atoms with van der Waals surface area (Å²) in [5.41, 5.74) is 0. The summed E-state index contributed by atoms with van der Waals surface area (Å²) in [6.45, 7) is 32.1. The average Bonchev–Trinajstić information content (AvgIpc) is 0.889. The van der Waals surface area contributed by atoms with Crippen LogP contribution >= 0.6 is 35.3 Å². The fraction of sp³-hybridized carbons (Fsp3) is 0.907. The van der Waals surface area contributed by atoms with Crippen LogP contribution in [0.5, 0.6) is 0 Å². The lowest BCUT2D eigenvalue weighted by atomic mass is 10.0. The fourth-order valence-corrected chi connectivity index (χ4v) is 19.7. The third-order valence-corrected chi connectivity index (χ3v) is 29.4. The fourth-order valence-electron chi connectivity index (χ4n) is 17.4. The lowest BCUT2D eigenvalue weighted by Crippen LogP contribution is -2.40. The molecule has 0 aliphatic carbocycles. The number of esters is 6. The van der Waals surface area contributed by atoms with Crippen LogP contribution in [0, 0.1) is 0 Å². The molecule has 0 radical (unpaired) electrons. The minimum Gasteiger partial charge on any atom is -0.461 e. The molecule has 0 unspecified atom stereocenters. The predicted molar refractivity (Wildman–Crippen MR) is 608 cm³/mol. The van der Waals surface area contributed by atoms with Gasteiger partial charge in [0.25, 0.3) is 15.7 Å². The number of thioether (sulfide) groups is 3. The zero-order chi connectivity index (χ0) is 105. The van der Waals surface area contributed by atoms with Crippen molar-refractivity contribution >= 4 is 86.8 Å². The van der Waals surface area contributed by atoms with Gasteiger partial charge in [-0.2, -0.15) is 0 Å². The quantitative estimate of drug-likeness (QED) is 0.0238. The van der Waals surface area contributed by atoms with Crippen molar-refractivity contribution < 1.29 is 71.6 Å². The summed E-state index contributed by atoms with van der Waals surface area (Å²) >= 11 is 3.53. The van der Waals surface area contributed by atoms with E-state index < -0.39 is 35.8 Å². The van der Waals surface area contributed by atoms with Crippen LogP contribution in [0.3, 0.4) is 0 Å². The van der Waals surface area contributed by atoms with Crippen LogP contribution in [-0.4, -0.2) is 236 Å². The molecule has 0 saturated carbocycles. The molecule has 0 fully saturated rings. The van der Waals surface area contributed by atoms with Gasteiger partial charge in [-0.05, 0) is 221 Å². The largest absolute Gasteiger partial charge is 0.461 e. The standard InChI is InChI=1S/C42H82N2O5S.C40H78N2O5S.C36H68N2O5S/c1-7-13-17-21-25-30-38(31-26-22-18-14-8-2)48-40(45)36-44(42(47)50-35-29-34-43(11-5)12-6)37-41(46)49-39(32-27-23-19-15-9-3)33-28-24-20-16-10-4;1-7-11-15-19-23-28-36(29-24-20-16-12-8-2)46-38(43)34-42(40(45)48-33-27-32-41(5)6)35-39(44)47-37(30-25-21-17-13-9-3)31-26-22-18-14-10-4;1-6-9-12-15-18-21-24-29-42-34(39)31-38(36(41)44-30-25-28-37(4)5)32-35(40)43-33(26-22-19-16-13-10-7-2)27-23-20-17-14-11-8-3/h38-39H,7-37H2,1-6H3;36-37H,7-35H2,1-6H3;21,24,33H,6-20,22-23,25-32H2,1-5H3/b;;24-21-. The van der Waals surface area contributed by atoms with Gasteiger partial charge in [0.15, 0.2) is 0 Å². The second-order valence-corrected chi connectivity index (χ2v) is 44.0. The monoisotopic (exact) mass is 2070 g/mol. The number of amides is 3. The highest BCUT2D eigenvalue weighted by atomic mass is 32.2. The highest BCUT2D eigenvalue weighted by molar-refractivity contribution is 8.14. The number of rotatable bonds is 100. The van der Waals surface area contributed by atoms with Crippen LogP contribution in [-0.2, 0) is 57.2 Å². The highest BCUT2D eigenvalue weighted by Crippen LogP contribution is 2.27. The Labute approximate surface area is 888 Å². The van der Waals surface area contributed by atoms with Crippen molar-refractivity contribution in [2.45, 2.75) is 570 Å². The molecule has 0 heterocycles. The summed E-state index contributed by atoms with van der Waals surface area (Å²) in [5.74, 6) is -0.700. The van der Waals surface area contributed by atoms with Crippen LogP contribution in [0.4, 0.5) is 14.4 Å². The number of allylic oxidation sites excluding steroid dienone is 1. The molecule has 0 aromatic heterocycles. The van der Waals surface area contributed by atoms with Crippen molar-refractivity contribution in [2.75, 3.05) is 124 Å². The van der Waals surface area contributed by atoms with E-state index in [1.807, 2.05) is 40.3 Å². The molecule has 0 aromatic rings. The van der Waals surface area contributed by atoms with Crippen LogP contribution in [0.25, 0.3) is 0 Å². The molecule has 838 valence electrons. The Bertz CT molecular complexity index is 2710. The maximum absolute atomic E-state index is 13.5. The van der Waals surface area contributed by atoms with Crippen LogP contribution in [0.15, 0.2) is 12.2 Å². The molecule has 0 atom stereocenters. The molecular formula is C118H228N6O15S3. The Balaban J connectivity index is -0.00000205. The van der Waals surface area contributed by atoms with E-state index in [0.717, 1.165) is 269 Å². The first kappa shape index (κ1) is 142. The van der Waals surface area contributed by atoms with Crippen LogP contribution in [0.2, 0.25) is 0 Å². The molecule has 0 rings (SSSR count). The van der Waals surface area contributed by atoms with Gasteiger partial charge < -0.3 is 57.8 Å². The Hall–Kier alpha value is -4.10. The first-order valence-electron chi connectivity index (χ1n) is 59.5. The summed E-state index contributed by atoms with van der Waals surface area (Å²) in [7, 11) is 8.02. The van der Waals surface area contributed by atoms with Crippen molar-refractivity contribution in [3.63, 3.8) is 0 Å². The first-order chi connectivity index (χ1) is 68.9. The second kappa shape index (κ2) is 110. The number of carbonyl (C=O) groups excluding carboxylic acids is 9. The molecule has 0 aliphatic rings. The normalized spacial score (nSPS) is 11.5. The van der Waals surface area contributed by atoms with Gasteiger partial charge in [-0.1, -0.05) is 426 Å². The van der Waals surface area contributed by atoms with Crippen molar-refractivity contribution in [2.24, 2.45) is 0 Å². The van der Waals surface area contributed by atoms with Gasteiger partial charge in [0, 0.05) is 17.3 Å². The summed E-state index contributed by atoms with van der Waals surface area (Å²) in [4.78, 5) is 130. The zero-order valence-corrected chi connectivity index (χ0v) is 98.1. The van der Waals surface area contributed by atoms with E-state index >= 15 is 0 Å². The van der Waals surface area contributed by atoms with E-state index in [1.54, 1.807) is 0 Å². The second-order valence-electron chi connectivity index (χ2n) is 40.9. The van der Waals surface area contributed by atoms with Crippen molar-refractivity contribution in [3.05, 3.63) is 12.2 Å². The van der Waals surface area contributed by atoms with E-state index in [-0.39, 0.29) is 92.1 Å². The number of hydrogen-bond donors (Lipinski definition) is 0. The van der Waals surface area contributed by atoms with E-state index in [0.29, 0.717) is 17.3 Å². The molecular weight excluding hydrogens is 1840 g/mol. The molecule has 0 aliphatic heterocycles. The Morgan fingerprint density at radius 2 is 0.401 bits per heavy atom. The number of hydrogen-bond acceptors (Lipinski definition) is 21. The molecule has 0 bridgehead atoms. The zero-order valence-electron chi connectivity index (χ0n) is 95.7. The maximum atomic E-state index is 13.5. The van der Waals surface area contributed by atoms with Gasteiger partial charge in [-0.15, -0.1) is 0 Å². The van der Waals surface area contributed by atoms with E-state index in [1.165, 1.54) is 263 Å². The number of ether oxygens (including phenoxy) is 6. The third-order valence-electron chi connectivity index (χ3n) is 26.4. The van der Waals surface area contributed by atoms with E-state index in [2.05, 4.69) is 105 Å². The molecule has 0 aromatic carbocycles.